The van der Waals surface area contributed by atoms with Gasteiger partial charge < -0.3 is 15.0 Å². The van der Waals surface area contributed by atoms with E-state index >= 15 is 0 Å². The van der Waals surface area contributed by atoms with Gasteiger partial charge in [0.2, 0.25) is 0 Å². The summed E-state index contributed by atoms with van der Waals surface area (Å²) < 4.78 is 54.7. The summed E-state index contributed by atoms with van der Waals surface area (Å²) in [5.41, 5.74) is 0.155. The Kier molecular flexibility index (Phi) is 5.43. The lowest BCUT2D eigenvalue weighted by atomic mass is 10.00. The molecular formula is C27H18F4N2O3. The average molecular weight is 494 g/mol. The second-order valence-corrected chi connectivity index (χ2v) is 8.57. The Balaban J connectivity index is 1.44. The topological polar surface area (TPSA) is 71.3 Å². The summed E-state index contributed by atoms with van der Waals surface area (Å²) in [6.45, 7) is 0.174. The predicted octanol–water partition coefficient (Wildman–Crippen LogP) is 5.74. The molecule has 1 aliphatic carbocycles. The summed E-state index contributed by atoms with van der Waals surface area (Å²) in [5.74, 6) is -2.23. The van der Waals surface area contributed by atoms with Gasteiger partial charge in [-0.3, -0.25) is 4.79 Å². The molecule has 0 radical (unpaired) electrons. The monoisotopic (exact) mass is 494 g/mol. The van der Waals surface area contributed by atoms with Crippen LogP contribution in [0.1, 0.15) is 37.4 Å². The molecule has 36 heavy (non-hydrogen) atoms. The van der Waals surface area contributed by atoms with Gasteiger partial charge in [-0.15, -0.1) is 0 Å². The number of amides is 1. The summed E-state index contributed by atoms with van der Waals surface area (Å²) in [6.07, 6.45) is 0.674. The number of halogens is 4. The first-order chi connectivity index (χ1) is 17.1. The Morgan fingerprint density at radius 1 is 0.944 bits per heavy atom. The van der Waals surface area contributed by atoms with Crippen LogP contribution in [0.3, 0.4) is 0 Å². The van der Waals surface area contributed by atoms with E-state index in [0.29, 0.717) is 22.0 Å². The summed E-state index contributed by atoms with van der Waals surface area (Å²) in [7, 11) is 0. The van der Waals surface area contributed by atoms with Crippen LogP contribution in [-0.2, 0) is 18.3 Å². The van der Waals surface area contributed by atoms with Crippen molar-refractivity contribution in [1.29, 1.82) is 0 Å². The van der Waals surface area contributed by atoms with Crippen LogP contribution >= 0.6 is 0 Å². The number of carboxylic acid groups (broad SMARTS) is 1. The number of nitrogens with one attached hydrogen (secondary N) is 1. The number of carbonyl (C=O) groups excluding carboxylic acids is 1. The number of benzene rings is 3. The number of rotatable bonds is 6. The molecule has 0 aliphatic heterocycles. The van der Waals surface area contributed by atoms with Crippen molar-refractivity contribution < 1.29 is 32.3 Å². The third-order valence-corrected chi connectivity index (χ3v) is 6.13. The maximum atomic E-state index is 14.4. The van der Waals surface area contributed by atoms with E-state index < -0.39 is 35.0 Å². The van der Waals surface area contributed by atoms with E-state index in [4.69, 9.17) is 5.11 Å². The lowest BCUT2D eigenvalue weighted by Crippen LogP contribution is -2.36. The largest absolute Gasteiger partial charge is 0.478 e. The minimum absolute atomic E-state index is 0.0668. The second-order valence-electron chi connectivity index (χ2n) is 8.57. The van der Waals surface area contributed by atoms with Crippen LogP contribution in [0.4, 0.5) is 17.6 Å². The van der Waals surface area contributed by atoms with Gasteiger partial charge in [-0.05, 0) is 53.6 Å². The van der Waals surface area contributed by atoms with Crippen molar-refractivity contribution >= 4 is 22.8 Å². The molecule has 0 spiro atoms. The minimum atomic E-state index is -4.44. The van der Waals surface area contributed by atoms with Gasteiger partial charge in [0.25, 0.3) is 5.91 Å². The van der Waals surface area contributed by atoms with Gasteiger partial charge >= 0.3 is 12.1 Å². The number of carbonyl (C=O) groups is 2. The second kappa shape index (κ2) is 8.37. The third-order valence-electron chi connectivity index (χ3n) is 6.13. The number of carboxylic acids is 1. The maximum absolute atomic E-state index is 14.4. The smallest absolute Gasteiger partial charge is 0.416 e. The molecule has 5 rings (SSSR count). The molecule has 4 aromatic rings. The van der Waals surface area contributed by atoms with Crippen molar-refractivity contribution in [1.82, 2.24) is 9.88 Å². The van der Waals surface area contributed by atoms with Crippen LogP contribution in [0.2, 0.25) is 0 Å². The quantitative estimate of drug-likeness (QED) is 0.265. The highest BCUT2D eigenvalue weighted by Gasteiger charge is 2.38. The molecule has 0 saturated heterocycles. The molecule has 1 aromatic heterocycles. The fourth-order valence-corrected chi connectivity index (χ4v) is 4.19. The highest BCUT2D eigenvalue weighted by atomic mass is 19.4. The van der Waals surface area contributed by atoms with E-state index in [9.17, 15) is 27.2 Å². The van der Waals surface area contributed by atoms with Gasteiger partial charge in [0.15, 0.2) is 0 Å². The molecule has 1 amide bonds. The molecule has 2 N–H and O–H groups in total. The highest BCUT2D eigenvalue weighted by molar-refractivity contribution is 6.07. The lowest BCUT2D eigenvalue weighted by molar-refractivity contribution is -0.137. The van der Waals surface area contributed by atoms with Crippen LogP contribution < -0.4 is 5.32 Å². The fraction of sp³-hybridized carbons (Fsp3) is 0.111. The summed E-state index contributed by atoms with van der Waals surface area (Å²) in [6, 6.07) is 14.8. The number of fused-ring (bicyclic) bond motifs is 1. The number of nitrogens with zero attached hydrogens (tertiary/aromatic N) is 1. The van der Waals surface area contributed by atoms with Crippen molar-refractivity contribution in [2.75, 3.05) is 0 Å². The van der Waals surface area contributed by atoms with E-state index in [0.717, 1.165) is 18.2 Å². The summed E-state index contributed by atoms with van der Waals surface area (Å²) in [4.78, 5) is 24.4. The fourth-order valence-electron chi connectivity index (χ4n) is 4.19. The van der Waals surface area contributed by atoms with Crippen LogP contribution in [-0.4, -0.2) is 21.6 Å². The Hall–Kier alpha value is -4.40. The zero-order chi connectivity index (χ0) is 25.7. The highest BCUT2D eigenvalue weighted by Crippen LogP contribution is 2.37. The van der Waals surface area contributed by atoms with Crippen LogP contribution in [0.25, 0.3) is 10.9 Å². The van der Waals surface area contributed by atoms with Gasteiger partial charge in [0.1, 0.15) is 11.4 Å². The van der Waals surface area contributed by atoms with Gasteiger partial charge in [-0.1, -0.05) is 36.4 Å². The number of hydrogen-bond acceptors (Lipinski definition) is 2. The first-order valence-corrected chi connectivity index (χ1v) is 10.9. The van der Waals surface area contributed by atoms with Crippen molar-refractivity contribution in [2.45, 2.75) is 18.3 Å². The van der Waals surface area contributed by atoms with Crippen LogP contribution in [0.15, 0.2) is 85.1 Å². The van der Waals surface area contributed by atoms with E-state index in [-0.39, 0.29) is 17.7 Å². The predicted molar refractivity (Wildman–Crippen MR) is 124 cm³/mol. The van der Waals surface area contributed by atoms with Crippen LogP contribution in [0.5, 0.6) is 0 Å². The SMILES string of the molecule is O=C(O)c1ccc(C2(NC(=O)c3cc(F)cc4ccn(Cc5ccc(C(F)(F)F)cc5)c34)C=C2)cc1. The Labute approximate surface area is 202 Å². The Morgan fingerprint density at radius 3 is 2.19 bits per heavy atom. The molecular weight excluding hydrogens is 476 g/mol. The molecule has 0 unspecified atom stereocenters. The Bertz CT molecular complexity index is 1510. The van der Waals surface area contributed by atoms with Gasteiger partial charge in [-0.25, -0.2) is 9.18 Å². The zero-order valence-electron chi connectivity index (χ0n) is 18.5. The van der Waals surface area contributed by atoms with Crippen molar-refractivity contribution in [2.24, 2.45) is 0 Å². The first-order valence-electron chi connectivity index (χ1n) is 10.9. The van der Waals surface area contributed by atoms with Crippen molar-refractivity contribution in [3.8, 4) is 0 Å². The van der Waals surface area contributed by atoms with E-state index in [2.05, 4.69) is 5.32 Å². The molecule has 9 heteroatoms. The molecule has 182 valence electrons. The standard InChI is InChI=1S/C27H18F4N2O3/c28-21-13-18-9-12-33(15-16-1-5-20(6-2-16)27(29,30)31)23(18)22(14-21)24(34)32-26(10-11-26)19-7-3-17(4-8-19)25(35)36/h1-14H,15H2,(H,32,34)(H,35,36). The minimum Gasteiger partial charge on any atom is -0.478 e. The van der Waals surface area contributed by atoms with E-state index in [1.54, 1.807) is 41.1 Å². The van der Waals surface area contributed by atoms with Gasteiger partial charge in [0.05, 0.1) is 22.2 Å². The first kappa shape index (κ1) is 23.3. The number of aromatic carboxylic acids is 1. The number of alkyl halides is 3. The van der Waals surface area contributed by atoms with E-state index in [1.807, 2.05) is 0 Å². The average Bonchev–Trinajstić information content (AvgIpc) is 3.51. The molecule has 3 aromatic carbocycles. The molecule has 1 heterocycles. The molecule has 1 aliphatic rings. The van der Waals surface area contributed by atoms with E-state index in [1.165, 1.54) is 30.3 Å². The molecule has 0 atom stereocenters. The number of hydrogen-bond donors (Lipinski definition) is 2. The normalized spacial score (nSPS) is 14.1. The Morgan fingerprint density at radius 2 is 1.61 bits per heavy atom. The zero-order valence-corrected chi connectivity index (χ0v) is 18.5. The van der Waals surface area contributed by atoms with Crippen molar-refractivity contribution in [3.05, 3.63) is 119 Å². The molecule has 0 bridgehead atoms. The molecule has 0 saturated carbocycles. The third kappa shape index (κ3) is 4.35. The van der Waals surface area contributed by atoms with Crippen LogP contribution in [0, 0.1) is 5.82 Å². The van der Waals surface area contributed by atoms with Gasteiger partial charge in [0, 0.05) is 18.1 Å². The molecule has 0 fully saturated rings. The lowest BCUT2D eigenvalue weighted by Gasteiger charge is -2.20. The maximum Gasteiger partial charge on any atom is 0.416 e. The molecule has 5 nitrogen and oxygen atoms in total. The summed E-state index contributed by atoms with van der Waals surface area (Å²) >= 11 is 0. The summed E-state index contributed by atoms with van der Waals surface area (Å²) in [5, 5.41) is 12.4. The number of aromatic nitrogens is 1. The van der Waals surface area contributed by atoms with Crippen molar-refractivity contribution in [3.63, 3.8) is 0 Å². The van der Waals surface area contributed by atoms with Gasteiger partial charge in [-0.2, -0.15) is 13.2 Å².